The van der Waals surface area contributed by atoms with Gasteiger partial charge in [-0.25, -0.2) is 19.9 Å². The third kappa shape index (κ3) is 6.58. The molecule has 0 bridgehead atoms. The summed E-state index contributed by atoms with van der Waals surface area (Å²) in [5.41, 5.74) is 1.09. The number of hydrogen-bond acceptors (Lipinski definition) is 6. The number of aromatic amines is 1. The van der Waals surface area contributed by atoms with Crippen LogP contribution in [0.1, 0.15) is 6.92 Å². The van der Waals surface area contributed by atoms with Gasteiger partial charge in [0.2, 0.25) is 5.95 Å². The molecule has 0 spiro atoms. The number of benzene rings is 1. The molecule has 3 N–H and O–H groups in total. The van der Waals surface area contributed by atoms with Crippen LogP contribution in [-0.4, -0.2) is 45.9 Å². The molecule has 0 aliphatic rings. The number of alkyl halides is 3. The molecular formula is C22H20Cl2F3N7. The Labute approximate surface area is 203 Å². The van der Waals surface area contributed by atoms with Crippen molar-refractivity contribution in [2.75, 3.05) is 18.4 Å². The number of imidazole rings is 1. The van der Waals surface area contributed by atoms with Gasteiger partial charge in [-0.1, -0.05) is 29.3 Å². The van der Waals surface area contributed by atoms with Crippen molar-refractivity contribution < 1.29 is 13.2 Å². The average molecular weight is 510 g/mol. The minimum absolute atomic E-state index is 0.202. The first kappa shape index (κ1) is 25.3. The van der Waals surface area contributed by atoms with Crippen LogP contribution < -0.4 is 10.6 Å². The van der Waals surface area contributed by atoms with E-state index < -0.39 is 11.7 Å². The number of nitrogens with one attached hydrogen (secondary N) is 3. The standard InChI is InChI=1S/C22H20Cl2F3N7/c1-13(22(25,26)27)3-6-18(28-2)29-7-10-32-21-33-12-16(20-30-8-9-31-20)19(34-21)15-5-4-14(23)11-17(15)24/h3-6,8-9,11-12,29H,2,7,10H2,1H3,(H,30,31)(H,32,33,34)/b13-3+,18-6+. The second-order valence-electron chi connectivity index (χ2n) is 6.93. The molecule has 0 fully saturated rings. The largest absolute Gasteiger partial charge is 0.412 e. The Hall–Kier alpha value is -3.37. The molecule has 2 heterocycles. The van der Waals surface area contributed by atoms with E-state index in [0.29, 0.717) is 51.7 Å². The van der Waals surface area contributed by atoms with Gasteiger partial charge in [-0.15, -0.1) is 0 Å². The average Bonchev–Trinajstić information content (AvgIpc) is 3.32. The summed E-state index contributed by atoms with van der Waals surface area (Å²) in [7, 11) is 0. The van der Waals surface area contributed by atoms with Gasteiger partial charge < -0.3 is 15.6 Å². The Bertz CT molecular complexity index is 1210. The third-order valence-electron chi connectivity index (χ3n) is 4.55. The van der Waals surface area contributed by atoms with E-state index in [1.54, 1.807) is 36.8 Å². The predicted octanol–water partition coefficient (Wildman–Crippen LogP) is 5.89. The van der Waals surface area contributed by atoms with Crippen molar-refractivity contribution in [2.45, 2.75) is 13.1 Å². The Balaban J connectivity index is 1.74. The molecule has 0 radical (unpaired) electrons. The number of allylic oxidation sites excluding steroid dienone is 3. The molecule has 178 valence electrons. The van der Waals surface area contributed by atoms with Gasteiger partial charge in [0.15, 0.2) is 0 Å². The lowest BCUT2D eigenvalue weighted by molar-refractivity contribution is -0.0913. The van der Waals surface area contributed by atoms with Crippen molar-refractivity contribution in [3.63, 3.8) is 0 Å². The zero-order valence-electron chi connectivity index (χ0n) is 17.9. The third-order valence-corrected chi connectivity index (χ3v) is 5.10. The second kappa shape index (κ2) is 11.2. The zero-order chi connectivity index (χ0) is 24.7. The van der Waals surface area contributed by atoms with Gasteiger partial charge in [0.1, 0.15) is 11.6 Å². The van der Waals surface area contributed by atoms with Crippen molar-refractivity contribution in [3.8, 4) is 22.6 Å². The van der Waals surface area contributed by atoms with Gasteiger partial charge in [-0.3, -0.25) is 0 Å². The van der Waals surface area contributed by atoms with E-state index >= 15 is 0 Å². The van der Waals surface area contributed by atoms with Gasteiger partial charge in [-0.2, -0.15) is 13.2 Å². The summed E-state index contributed by atoms with van der Waals surface area (Å²) >= 11 is 12.4. The highest BCUT2D eigenvalue weighted by Crippen LogP contribution is 2.35. The Kier molecular flexibility index (Phi) is 8.30. The topological polar surface area (TPSA) is 90.9 Å². The smallest absolute Gasteiger partial charge is 0.368 e. The molecule has 0 saturated carbocycles. The number of H-pyrrole nitrogens is 1. The van der Waals surface area contributed by atoms with Crippen molar-refractivity contribution in [1.29, 1.82) is 0 Å². The molecule has 0 aliphatic carbocycles. The van der Waals surface area contributed by atoms with Crippen LogP contribution in [0.15, 0.2) is 65.3 Å². The fourth-order valence-corrected chi connectivity index (χ4v) is 3.27. The van der Waals surface area contributed by atoms with Crippen molar-refractivity contribution in [3.05, 3.63) is 70.4 Å². The monoisotopic (exact) mass is 509 g/mol. The van der Waals surface area contributed by atoms with Gasteiger partial charge in [0.25, 0.3) is 0 Å². The van der Waals surface area contributed by atoms with Gasteiger partial charge in [-0.05, 0) is 37.9 Å². The summed E-state index contributed by atoms with van der Waals surface area (Å²) in [6, 6.07) is 5.08. The quantitative estimate of drug-likeness (QED) is 0.190. The van der Waals surface area contributed by atoms with Crippen molar-refractivity contribution in [2.24, 2.45) is 4.99 Å². The lowest BCUT2D eigenvalue weighted by atomic mass is 10.1. The van der Waals surface area contributed by atoms with E-state index in [0.717, 1.165) is 13.0 Å². The molecule has 0 unspecified atom stereocenters. The van der Waals surface area contributed by atoms with Gasteiger partial charge in [0.05, 0.1) is 16.3 Å². The lowest BCUT2D eigenvalue weighted by Crippen LogP contribution is -2.22. The maximum absolute atomic E-state index is 12.6. The molecule has 0 aliphatic heterocycles. The van der Waals surface area contributed by atoms with E-state index in [2.05, 4.69) is 42.3 Å². The van der Waals surface area contributed by atoms with Crippen LogP contribution in [0.3, 0.4) is 0 Å². The first-order valence-electron chi connectivity index (χ1n) is 9.91. The van der Waals surface area contributed by atoms with Crippen LogP contribution in [0.2, 0.25) is 10.0 Å². The first-order chi connectivity index (χ1) is 16.2. The van der Waals surface area contributed by atoms with Crippen molar-refractivity contribution >= 4 is 35.9 Å². The molecule has 2 aromatic heterocycles. The van der Waals surface area contributed by atoms with Gasteiger partial charge >= 0.3 is 6.18 Å². The number of aliphatic imine (C=N–C) groups is 1. The van der Waals surface area contributed by atoms with E-state index in [-0.39, 0.29) is 5.82 Å². The summed E-state index contributed by atoms with van der Waals surface area (Å²) in [6.45, 7) is 5.02. The molecule has 3 aromatic rings. The summed E-state index contributed by atoms with van der Waals surface area (Å²) in [5, 5.41) is 6.86. The number of halogens is 5. The van der Waals surface area contributed by atoms with E-state index in [4.69, 9.17) is 23.2 Å². The molecule has 34 heavy (non-hydrogen) atoms. The normalized spacial score (nSPS) is 12.5. The predicted molar refractivity (Wildman–Crippen MR) is 129 cm³/mol. The number of aromatic nitrogens is 4. The molecule has 12 heteroatoms. The van der Waals surface area contributed by atoms with E-state index in [9.17, 15) is 13.2 Å². The molecule has 3 rings (SSSR count). The molecule has 7 nitrogen and oxygen atoms in total. The molecular weight excluding hydrogens is 490 g/mol. The Morgan fingerprint density at radius 1 is 1.18 bits per heavy atom. The van der Waals surface area contributed by atoms with Crippen molar-refractivity contribution in [1.82, 2.24) is 25.3 Å². The minimum atomic E-state index is -4.39. The molecule has 0 amide bonds. The van der Waals surface area contributed by atoms with E-state index in [1.165, 1.54) is 6.08 Å². The van der Waals surface area contributed by atoms with E-state index in [1.807, 2.05) is 0 Å². The number of anilines is 1. The summed E-state index contributed by atoms with van der Waals surface area (Å²) < 4.78 is 37.8. The van der Waals surface area contributed by atoms with Crippen LogP contribution in [0, 0.1) is 0 Å². The highest BCUT2D eigenvalue weighted by atomic mass is 35.5. The zero-order valence-corrected chi connectivity index (χ0v) is 19.4. The van der Waals surface area contributed by atoms with Crippen LogP contribution in [0.25, 0.3) is 22.6 Å². The van der Waals surface area contributed by atoms with Crippen LogP contribution in [0.5, 0.6) is 0 Å². The highest BCUT2D eigenvalue weighted by Gasteiger charge is 2.29. The highest BCUT2D eigenvalue weighted by molar-refractivity contribution is 6.36. The second-order valence-corrected chi connectivity index (χ2v) is 7.77. The Morgan fingerprint density at radius 3 is 2.62 bits per heavy atom. The van der Waals surface area contributed by atoms with Crippen LogP contribution >= 0.6 is 23.2 Å². The Morgan fingerprint density at radius 2 is 1.97 bits per heavy atom. The molecule has 0 saturated heterocycles. The number of hydrogen-bond donors (Lipinski definition) is 3. The summed E-state index contributed by atoms with van der Waals surface area (Å²) in [4.78, 5) is 19.9. The lowest BCUT2D eigenvalue weighted by Gasteiger charge is -2.12. The number of rotatable bonds is 9. The molecule has 1 aromatic carbocycles. The van der Waals surface area contributed by atoms with Gasteiger partial charge in [0, 0.05) is 47.8 Å². The summed E-state index contributed by atoms with van der Waals surface area (Å²) in [6.07, 6.45) is 2.67. The fourth-order valence-electron chi connectivity index (χ4n) is 2.77. The maximum atomic E-state index is 12.6. The minimum Gasteiger partial charge on any atom is -0.368 e. The van der Waals surface area contributed by atoms with Crippen LogP contribution in [0.4, 0.5) is 19.1 Å². The molecule has 0 atom stereocenters. The SMILES string of the molecule is C=N/C(=C\C=C(/C)C(F)(F)F)NCCNc1ncc(-c2ncc[nH]2)c(-c2ccc(Cl)cc2Cl)n1. The van der Waals surface area contributed by atoms with Crippen LogP contribution in [-0.2, 0) is 0 Å². The maximum Gasteiger partial charge on any atom is 0.412 e. The summed E-state index contributed by atoms with van der Waals surface area (Å²) in [5.74, 6) is 1.10. The fraction of sp³-hybridized carbons (Fsp3) is 0.182. The number of nitrogens with zero attached hydrogens (tertiary/aromatic N) is 4. The first-order valence-corrected chi connectivity index (χ1v) is 10.7.